The Morgan fingerprint density at radius 1 is 0.692 bits per heavy atom. The fourth-order valence-corrected chi connectivity index (χ4v) is 0. The van der Waals surface area contributed by atoms with E-state index in [1.165, 1.54) is 0 Å². The summed E-state index contributed by atoms with van der Waals surface area (Å²) in [6, 6.07) is 0. The Hall–Kier alpha value is 2.82. The molecule has 64 valence electrons. The van der Waals surface area contributed by atoms with Gasteiger partial charge in [-0.25, -0.2) is 16.8 Å². The molecule has 0 N–H and O–H groups in total. The summed E-state index contributed by atoms with van der Waals surface area (Å²) in [5, 5.41) is 0. The predicted molar refractivity (Wildman–Crippen MR) is 31.2 cm³/mol. The zero-order chi connectivity index (χ0) is 9.00. The zero-order valence-corrected chi connectivity index (χ0v) is 15.9. The molecule has 0 saturated heterocycles. The minimum absolute atomic E-state index is 0. The van der Waals surface area contributed by atoms with Crippen LogP contribution in [0.2, 0.25) is 0 Å². The summed E-state index contributed by atoms with van der Waals surface area (Å²) in [6.45, 7) is 0. The third-order valence-corrected chi connectivity index (χ3v) is 0. The standard InChI is InChI=1S/2CH4O3S.3Na/c2*1-5(2,3)4;;;/h2*1H3,(H,2,3,4);;;/q;;3*+1/p-2. The molecular formula is C2H6Na3O6S2+. The van der Waals surface area contributed by atoms with Crippen molar-refractivity contribution in [1.82, 2.24) is 0 Å². The normalized spacial score (nSPS) is 8.92. The Bertz CT molecular complexity index is 220. The van der Waals surface area contributed by atoms with E-state index in [0.717, 1.165) is 0 Å². The molecule has 0 saturated carbocycles. The summed E-state index contributed by atoms with van der Waals surface area (Å²) in [5.74, 6) is 0. The maximum Gasteiger partial charge on any atom is 1.00 e. The maximum atomic E-state index is 9.08. The SMILES string of the molecule is CS(=O)(=O)[O-].CS(=O)(=O)[O-].[Na+].[Na+].[Na+]. The Morgan fingerprint density at radius 2 is 0.692 bits per heavy atom. The summed E-state index contributed by atoms with van der Waals surface area (Å²) in [6.07, 6.45) is 1.21. The van der Waals surface area contributed by atoms with E-state index < -0.39 is 20.2 Å². The van der Waals surface area contributed by atoms with Gasteiger partial charge in [-0.05, 0) is 0 Å². The molecule has 6 nitrogen and oxygen atoms in total. The van der Waals surface area contributed by atoms with Gasteiger partial charge in [-0.3, -0.25) is 0 Å². The van der Waals surface area contributed by atoms with Crippen LogP contribution in [0.25, 0.3) is 0 Å². The van der Waals surface area contributed by atoms with Crippen molar-refractivity contribution in [2.45, 2.75) is 0 Å². The molecule has 11 heteroatoms. The minimum Gasteiger partial charge on any atom is -0.748 e. The largest absolute Gasteiger partial charge is 1.00 e. The van der Waals surface area contributed by atoms with Gasteiger partial charge in [0, 0.05) is 12.5 Å². The number of hydrogen-bond donors (Lipinski definition) is 0. The van der Waals surface area contributed by atoms with Crippen LogP contribution < -0.4 is 88.7 Å². The fourth-order valence-electron chi connectivity index (χ4n) is 0. The van der Waals surface area contributed by atoms with Crippen molar-refractivity contribution in [1.29, 1.82) is 0 Å². The molecule has 0 spiro atoms. The monoisotopic (exact) mass is 259 g/mol. The fraction of sp³-hybridized carbons (Fsp3) is 1.00. The molecule has 0 unspecified atom stereocenters. The molecule has 0 rings (SSSR count). The van der Waals surface area contributed by atoms with Crippen molar-refractivity contribution in [2.24, 2.45) is 0 Å². The molecule has 0 amide bonds. The van der Waals surface area contributed by atoms with Crippen LogP contribution in [0.15, 0.2) is 0 Å². The van der Waals surface area contributed by atoms with E-state index in [2.05, 4.69) is 0 Å². The first-order valence-corrected chi connectivity index (χ1v) is 5.45. The van der Waals surface area contributed by atoms with Crippen LogP contribution in [0.4, 0.5) is 0 Å². The van der Waals surface area contributed by atoms with E-state index in [9.17, 15) is 0 Å². The van der Waals surface area contributed by atoms with Crippen molar-refractivity contribution in [3.63, 3.8) is 0 Å². The van der Waals surface area contributed by atoms with E-state index >= 15 is 0 Å². The maximum absolute atomic E-state index is 9.08. The first-order chi connectivity index (χ1) is 4.00. The third-order valence-electron chi connectivity index (χ3n) is 0. The second-order valence-electron chi connectivity index (χ2n) is 1.41. The molecule has 0 aliphatic heterocycles. The van der Waals surface area contributed by atoms with Crippen LogP contribution in [-0.4, -0.2) is 38.5 Å². The minimum atomic E-state index is -3.92. The van der Waals surface area contributed by atoms with Crippen molar-refractivity contribution in [2.75, 3.05) is 12.5 Å². The first kappa shape index (κ1) is 29.7. The molecule has 0 fully saturated rings. The molecule has 0 atom stereocenters. The van der Waals surface area contributed by atoms with Crippen LogP contribution in [0.3, 0.4) is 0 Å². The second kappa shape index (κ2) is 12.9. The van der Waals surface area contributed by atoms with E-state index in [4.69, 9.17) is 25.9 Å². The van der Waals surface area contributed by atoms with Gasteiger partial charge in [-0.2, -0.15) is 0 Å². The molecule has 0 aliphatic rings. The molecular weight excluding hydrogens is 253 g/mol. The summed E-state index contributed by atoms with van der Waals surface area (Å²) < 4.78 is 54.5. The van der Waals surface area contributed by atoms with E-state index in [0.29, 0.717) is 12.5 Å². The van der Waals surface area contributed by atoms with Gasteiger partial charge in [0.05, 0.1) is 20.2 Å². The van der Waals surface area contributed by atoms with E-state index in [1.807, 2.05) is 0 Å². The van der Waals surface area contributed by atoms with Gasteiger partial charge in [0.15, 0.2) is 0 Å². The van der Waals surface area contributed by atoms with Crippen molar-refractivity contribution in [3.8, 4) is 0 Å². The molecule has 0 heterocycles. The molecule has 0 radical (unpaired) electrons. The second-order valence-corrected chi connectivity index (χ2v) is 4.22. The smallest absolute Gasteiger partial charge is 0.748 e. The topological polar surface area (TPSA) is 114 Å². The quantitative estimate of drug-likeness (QED) is 0.315. The number of hydrogen-bond acceptors (Lipinski definition) is 6. The van der Waals surface area contributed by atoms with Crippen LogP contribution in [0, 0.1) is 0 Å². The van der Waals surface area contributed by atoms with Gasteiger partial charge >= 0.3 is 88.7 Å². The van der Waals surface area contributed by atoms with Crippen LogP contribution >= 0.6 is 0 Å². The van der Waals surface area contributed by atoms with Crippen molar-refractivity contribution >= 4 is 20.2 Å². The van der Waals surface area contributed by atoms with E-state index in [-0.39, 0.29) is 88.7 Å². The van der Waals surface area contributed by atoms with E-state index in [1.54, 1.807) is 0 Å². The summed E-state index contributed by atoms with van der Waals surface area (Å²) in [5.41, 5.74) is 0. The number of rotatable bonds is 0. The zero-order valence-electron chi connectivity index (χ0n) is 8.27. The Balaban J connectivity index is -0.0000000267. The van der Waals surface area contributed by atoms with Crippen molar-refractivity contribution in [3.05, 3.63) is 0 Å². The van der Waals surface area contributed by atoms with Crippen LogP contribution in [0.5, 0.6) is 0 Å². The third kappa shape index (κ3) is 306. The predicted octanol–water partition coefficient (Wildman–Crippen LogP) is -10.7. The molecule has 0 aromatic heterocycles. The Morgan fingerprint density at radius 3 is 0.692 bits per heavy atom. The summed E-state index contributed by atoms with van der Waals surface area (Å²) in [4.78, 5) is 0. The summed E-state index contributed by atoms with van der Waals surface area (Å²) >= 11 is 0. The van der Waals surface area contributed by atoms with Crippen molar-refractivity contribution < 1.29 is 115 Å². The van der Waals surface area contributed by atoms with Gasteiger partial charge in [-0.15, -0.1) is 0 Å². The molecule has 0 aromatic rings. The average Bonchev–Trinajstić information content (AvgIpc) is 1.12. The molecule has 13 heavy (non-hydrogen) atoms. The van der Waals surface area contributed by atoms with Gasteiger partial charge in [0.25, 0.3) is 0 Å². The summed E-state index contributed by atoms with van der Waals surface area (Å²) in [7, 11) is -7.83. The Labute approximate surface area is 145 Å². The molecule has 0 aliphatic carbocycles. The average molecular weight is 259 g/mol. The molecule has 0 aromatic carbocycles. The van der Waals surface area contributed by atoms with Crippen LogP contribution in [0.1, 0.15) is 0 Å². The van der Waals surface area contributed by atoms with Gasteiger partial charge in [0.1, 0.15) is 0 Å². The van der Waals surface area contributed by atoms with Gasteiger partial charge in [0.2, 0.25) is 0 Å². The van der Waals surface area contributed by atoms with Gasteiger partial charge < -0.3 is 9.11 Å². The van der Waals surface area contributed by atoms with Crippen LogP contribution in [-0.2, 0) is 20.2 Å². The first-order valence-electron chi connectivity index (χ1n) is 1.82. The Kier molecular flexibility index (Phi) is 29.4. The molecule has 0 bridgehead atoms. The van der Waals surface area contributed by atoms with Gasteiger partial charge in [-0.1, -0.05) is 0 Å².